The molecule has 5 nitrogen and oxygen atoms in total. The SMILES string of the molecule is CC(C)(C)OC(=O)N1CCC(OCc2ccncc2)CC1. The van der Waals surface area contributed by atoms with Crippen LogP contribution in [0.25, 0.3) is 0 Å². The maximum atomic E-state index is 12.0. The molecule has 0 atom stereocenters. The van der Waals surface area contributed by atoms with Crippen molar-refractivity contribution in [1.82, 2.24) is 9.88 Å². The van der Waals surface area contributed by atoms with Crippen LogP contribution in [-0.4, -0.2) is 40.8 Å². The van der Waals surface area contributed by atoms with E-state index in [1.807, 2.05) is 32.9 Å². The van der Waals surface area contributed by atoms with E-state index in [9.17, 15) is 4.79 Å². The molecule has 0 saturated carbocycles. The molecule has 0 aromatic carbocycles. The second kappa shape index (κ2) is 6.89. The molecule has 1 saturated heterocycles. The number of aromatic nitrogens is 1. The third kappa shape index (κ3) is 5.34. The van der Waals surface area contributed by atoms with Crippen molar-refractivity contribution < 1.29 is 14.3 Å². The highest BCUT2D eigenvalue weighted by atomic mass is 16.6. The summed E-state index contributed by atoms with van der Waals surface area (Å²) in [6.07, 6.45) is 5.22. The Bertz CT molecular complexity index is 448. The molecule has 1 aromatic rings. The maximum Gasteiger partial charge on any atom is 0.410 e. The molecule has 1 amide bonds. The van der Waals surface area contributed by atoms with Crippen LogP contribution in [0, 0.1) is 0 Å². The van der Waals surface area contributed by atoms with Crippen molar-refractivity contribution in [2.75, 3.05) is 13.1 Å². The Balaban J connectivity index is 1.72. The zero-order valence-electron chi connectivity index (χ0n) is 13.0. The second-order valence-corrected chi connectivity index (χ2v) is 6.33. The van der Waals surface area contributed by atoms with E-state index in [-0.39, 0.29) is 12.2 Å². The van der Waals surface area contributed by atoms with Crippen molar-refractivity contribution in [2.45, 2.75) is 51.9 Å². The Morgan fingerprint density at radius 3 is 2.48 bits per heavy atom. The summed E-state index contributed by atoms with van der Waals surface area (Å²) in [4.78, 5) is 17.7. The molecule has 0 unspecified atom stereocenters. The number of carbonyl (C=O) groups is 1. The Kier molecular flexibility index (Phi) is 5.17. The molecule has 0 bridgehead atoms. The van der Waals surface area contributed by atoms with E-state index in [0.29, 0.717) is 19.7 Å². The lowest BCUT2D eigenvalue weighted by Gasteiger charge is -2.33. The molecule has 1 aliphatic heterocycles. The number of hydrogen-bond acceptors (Lipinski definition) is 4. The number of hydrogen-bond donors (Lipinski definition) is 0. The van der Waals surface area contributed by atoms with Crippen LogP contribution >= 0.6 is 0 Å². The molecule has 0 N–H and O–H groups in total. The summed E-state index contributed by atoms with van der Waals surface area (Å²) in [6.45, 7) is 7.63. The summed E-state index contributed by atoms with van der Waals surface area (Å²) >= 11 is 0. The van der Waals surface area contributed by atoms with E-state index in [2.05, 4.69) is 4.98 Å². The number of pyridine rings is 1. The summed E-state index contributed by atoms with van der Waals surface area (Å²) in [6, 6.07) is 3.91. The monoisotopic (exact) mass is 292 g/mol. The van der Waals surface area contributed by atoms with E-state index in [4.69, 9.17) is 9.47 Å². The third-order valence-corrected chi connectivity index (χ3v) is 3.33. The molecule has 0 spiro atoms. The first-order chi connectivity index (χ1) is 9.94. The fourth-order valence-corrected chi connectivity index (χ4v) is 2.22. The van der Waals surface area contributed by atoms with Gasteiger partial charge in [-0.2, -0.15) is 0 Å². The van der Waals surface area contributed by atoms with Gasteiger partial charge >= 0.3 is 6.09 Å². The molecule has 2 rings (SSSR count). The molecule has 1 aromatic heterocycles. The first-order valence-corrected chi connectivity index (χ1v) is 7.42. The van der Waals surface area contributed by atoms with Crippen LogP contribution in [0.4, 0.5) is 4.79 Å². The van der Waals surface area contributed by atoms with Gasteiger partial charge in [-0.25, -0.2) is 4.79 Å². The minimum Gasteiger partial charge on any atom is -0.444 e. The van der Waals surface area contributed by atoms with Crippen LogP contribution in [0.15, 0.2) is 24.5 Å². The third-order valence-electron chi connectivity index (χ3n) is 3.33. The van der Waals surface area contributed by atoms with Crippen LogP contribution in [-0.2, 0) is 16.1 Å². The molecule has 0 aliphatic carbocycles. The van der Waals surface area contributed by atoms with Crippen LogP contribution in [0.5, 0.6) is 0 Å². The first kappa shape index (κ1) is 15.8. The number of likely N-dealkylation sites (tertiary alicyclic amines) is 1. The normalized spacial score (nSPS) is 16.8. The summed E-state index contributed by atoms with van der Waals surface area (Å²) in [7, 11) is 0. The lowest BCUT2D eigenvalue weighted by Crippen LogP contribution is -2.43. The number of ether oxygens (including phenoxy) is 2. The average molecular weight is 292 g/mol. The highest BCUT2D eigenvalue weighted by molar-refractivity contribution is 5.68. The predicted octanol–water partition coefficient (Wildman–Crippen LogP) is 3.00. The fraction of sp³-hybridized carbons (Fsp3) is 0.625. The molecule has 5 heteroatoms. The van der Waals surface area contributed by atoms with Crippen LogP contribution < -0.4 is 0 Å². The van der Waals surface area contributed by atoms with Gasteiger partial charge in [-0.05, 0) is 51.3 Å². The van der Waals surface area contributed by atoms with Crippen molar-refractivity contribution in [2.24, 2.45) is 0 Å². The Morgan fingerprint density at radius 2 is 1.90 bits per heavy atom. The summed E-state index contributed by atoms with van der Waals surface area (Å²) < 4.78 is 11.3. The lowest BCUT2D eigenvalue weighted by atomic mass is 10.1. The number of rotatable bonds is 3. The van der Waals surface area contributed by atoms with Crippen molar-refractivity contribution in [3.8, 4) is 0 Å². The highest BCUT2D eigenvalue weighted by Gasteiger charge is 2.27. The molecular weight excluding hydrogens is 268 g/mol. The summed E-state index contributed by atoms with van der Waals surface area (Å²) in [5.41, 5.74) is 0.686. The van der Waals surface area contributed by atoms with E-state index in [1.54, 1.807) is 17.3 Å². The Morgan fingerprint density at radius 1 is 1.29 bits per heavy atom. The molecule has 1 fully saturated rings. The standard InChI is InChI=1S/C16H24N2O3/c1-16(2,3)21-15(19)18-10-6-14(7-11-18)20-12-13-4-8-17-9-5-13/h4-5,8-9,14H,6-7,10-12H2,1-3H3. The average Bonchev–Trinajstić information content (AvgIpc) is 2.45. The van der Waals surface area contributed by atoms with Gasteiger partial charge in [0.15, 0.2) is 0 Å². The van der Waals surface area contributed by atoms with Crippen LogP contribution in [0.3, 0.4) is 0 Å². The maximum absolute atomic E-state index is 12.0. The minimum atomic E-state index is -0.439. The van der Waals surface area contributed by atoms with Crippen LogP contribution in [0.1, 0.15) is 39.2 Å². The minimum absolute atomic E-state index is 0.205. The van der Waals surface area contributed by atoms with Crippen molar-refractivity contribution >= 4 is 6.09 Å². The molecule has 116 valence electrons. The van der Waals surface area contributed by atoms with Crippen molar-refractivity contribution in [3.05, 3.63) is 30.1 Å². The van der Waals surface area contributed by atoms with E-state index in [0.717, 1.165) is 18.4 Å². The molecule has 21 heavy (non-hydrogen) atoms. The van der Waals surface area contributed by atoms with Gasteiger partial charge in [0.1, 0.15) is 5.60 Å². The van der Waals surface area contributed by atoms with Gasteiger partial charge in [0.05, 0.1) is 12.7 Å². The van der Waals surface area contributed by atoms with Gasteiger partial charge in [0.25, 0.3) is 0 Å². The number of piperidine rings is 1. The molecule has 1 aliphatic rings. The van der Waals surface area contributed by atoms with Crippen LogP contribution in [0.2, 0.25) is 0 Å². The van der Waals surface area contributed by atoms with Crippen molar-refractivity contribution in [3.63, 3.8) is 0 Å². The van der Waals surface area contributed by atoms with Gasteiger partial charge in [0, 0.05) is 25.5 Å². The first-order valence-electron chi connectivity index (χ1n) is 7.42. The zero-order valence-corrected chi connectivity index (χ0v) is 13.0. The lowest BCUT2D eigenvalue weighted by molar-refractivity contribution is -0.0170. The smallest absolute Gasteiger partial charge is 0.410 e. The van der Waals surface area contributed by atoms with E-state index >= 15 is 0 Å². The van der Waals surface area contributed by atoms with Gasteiger partial charge in [-0.15, -0.1) is 0 Å². The number of amides is 1. The quantitative estimate of drug-likeness (QED) is 0.859. The number of carbonyl (C=O) groups excluding carboxylic acids is 1. The molecule has 0 radical (unpaired) electrons. The second-order valence-electron chi connectivity index (χ2n) is 6.33. The highest BCUT2D eigenvalue weighted by Crippen LogP contribution is 2.18. The van der Waals surface area contributed by atoms with Gasteiger partial charge in [0.2, 0.25) is 0 Å². The van der Waals surface area contributed by atoms with E-state index < -0.39 is 5.60 Å². The topological polar surface area (TPSA) is 51.7 Å². The van der Waals surface area contributed by atoms with Crippen molar-refractivity contribution in [1.29, 1.82) is 0 Å². The zero-order chi connectivity index (χ0) is 15.3. The Labute approximate surface area is 126 Å². The van der Waals surface area contributed by atoms with E-state index in [1.165, 1.54) is 0 Å². The summed E-state index contributed by atoms with van der Waals surface area (Å²) in [5.74, 6) is 0. The van der Waals surface area contributed by atoms with Gasteiger partial charge < -0.3 is 14.4 Å². The Hall–Kier alpha value is -1.62. The largest absolute Gasteiger partial charge is 0.444 e. The predicted molar refractivity (Wildman–Crippen MR) is 79.9 cm³/mol. The van der Waals surface area contributed by atoms with Gasteiger partial charge in [-0.3, -0.25) is 4.98 Å². The summed E-state index contributed by atoms with van der Waals surface area (Å²) in [5, 5.41) is 0. The number of nitrogens with zero attached hydrogens (tertiary/aromatic N) is 2. The van der Waals surface area contributed by atoms with Gasteiger partial charge in [-0.1, -0.05) is 0 Å². The fourth-order valence-electron chi connectivity index (χ4n) is 2.22. The molecule has 2 heterocycles. The molecular formula is C16H24N2O3.